The fraction of sp³-hybridized carbons (Fsp3) is 0.0213. The number of aromatic nitrogens is 2. The van der Waals surface area contributed by atoms with E-state index < -0.39 is 0 Å². The molecule has 0 bridgehead atoms. The van der Waals surface area contributed by atoms with Crippen molar-refractivity contribution in [2.75, 3.05) is 0 Å². The number of hydrogen-bond acceptors (Lipinski definition) is 0. The van der Waals surface area contributed by atoms with Crippen LogP contribution in [-0.4, -0.2) is 9.13 Å². The van der Waals surface area contributed by atoms with E-state index in [1.54, 1.807) is 0 Å². The monoisotopic (exact) mass is 624 g/mol. The molecule has 0 spiro atoms. The molecule has 49 heavy (non-hydrogen) atoms. The molecule has 0 aliphatic carbocycles. The molecule has 0 fully saturated rings. The lowest BCUT2D eigenvalue weighted by Gasteiger charge is -2.12. The molecule has 10 rings (SSSR count). The summed E-state index contributed by atoms with van der Waals surface area (Å²) in [6.45, 7) is 2.16. The molecule has 0 atom stereocenters. The number of nitrogens with zero attached hydrogens (tertiary/aromatic N) is 2. The Kier molecular flexibility index (Phi) is 6.13. The first-order valence-electron chi connectivity index (χ1n) is 16.9. The van der Waals surface area contributed by atoms with Crippen molar-refractivity contribution in [3.63, 3.8) is 0 Å². The van der Waals surface area contributed by atoms with E-state index in [0.29, 0.717) is 0 Å². The summed E-state index contributed by atoms with van der Waals surface area (Å²) in [6.07, 6.45) is 0. The van der Waals surface area contributed by atoms with Crippen molar-refractivity contribution >= 4 is 54.4 Å². The van der Waals surface area contributed by atoms with Crippen LogP contribution in [-0.2, 0) is 0 Å². The van der Waals surface area contributed by atoms with Crippen molar-refractivity contribution in [2.45, 2.75) is 6.92 Å². The van der Waals surface area contributed by atoms with Crippen LogP contribution in [0, 0.1) is 6.92 Å². The fourth-order valence-corrected chi connectivity index (χ4v) is 7.88. The molecule has 0 saturated heterocycles. The van der Waals surface area contributed by atoms with E-state index in [0.717, 1.165) is 5.69 Å². The second-order valence-electron chi connectivity index (χ2n) is 13.1. The number of rotatable bonds is 4. The molecule has 0 amide bonds. The first-order chi connectivity index (χ1) is 24.2. The summed E-state index contributed by atoms with van der Waals surface area (Å²) in [5.74, 6) is 0. The molecule has 0 unspecified atom stereocenters. The molecule has 2 aromatic heterocycles. The van der Waals surface area contributed by atoms with Gasteiger partial charge in [-0.05, 0) is 88.5 Å². The Balaban J connectivity index is 1.19. The molecular formula is C47H32N2. The van der Waals surface area contributed by atoms with E-state index in [-0.39, 0.29) is 0 Å². The van der Waals surface area contributed by atoms with Crippen LogP contribution < -0.4 is 0 Å². The van der Waals surface area contributed by atoms with Crippen molar-refractivity contribution in [1.82, 2.24) is 9.13 Å². The van der Waals surface area contributed by atoms with Gasteiger partial charge in [0.1, 0.15) is 0 Å². The van der Waals surface area contributed by atoms with Crippen LogP contribution >= 0.6 is 0 Å². The van der Waals surface area contributed by atoms with Gasteiger partial charge in [0.2, 0.25) is 0 Å². The SMILES string of the molecule is Cc1ccc2ccc(-n3c4ccccc4c4c5c6ccccc6n(-c6cccc(-c7ccc(-c8ccccc8)cc7)c6)c5ccc43)cc2c1. The molecule has 8 aromatic carbocycles. The van der Waals surface area contributed by atoms with Crippen LogP contribution in [0.4, 0.5) is 0 Å². The Labute approximate surface area is 284 Å². The van der Waals surface area contributed by atoms with Gasteiger partial charge in [0, 0.05) is 32.9 Å². The van der Waals surface area contributed by atoms with E-state index in [2.05, 4.69) is 192 Å². The predicted octanol–water partition coefficient (Wildman–Crippen LogP) is 12.7. The van der Waals surface area contributed by atoms with E-state index >= 15 is 0 Å². The number of hydrogen-bond donors (Lipinski definition) is 0. The highest BCUT2D eigenvalue weighted by Gasteiger charge is 2.20. The Hall–Kier alpha value is -6.38. The smallest absolute Gasteiger partial charge is 0.0548 e. The minimum absolute atomic E-state index is 1.16. The summed E-state index contributed by atoms with van der Waals surface area (Å²) >= 11 is 0. The lowest BCUT2D eigenvalue weighted by atomic mass is 10.00. The summed E-state index contributed by atoms with van der Waals surface area (Å²) in [5.41, 5.74) is 13.3. The molecule has 0 aliphatic heterocycles. The van der Waals surface area contributed by atoms with Gasteiger partial charge in [-0.1, -0.05) is 133 Å². The van der Waals surface area contributed by atoms with Crippen LogP contribution in [0.15, 0.2) is 176 Å². The zero-order chi connectivity index (χ0) is 32.5. The molecule has 2 heteroatoms. The zero-order valence-electron chi connectivity index (χ0n) is 27.1. The van der Waals surface area contributed by atoms with Gasteiger partial charge < -0.3 is 9.13 Å². The quantitative estimate of drug-likeness (QED) is 0.184. The van der Waals surface area contributed by atoms with Crippen molar-refractivity contribution in [3.05, 3.63) is 181 Å². The number of fused-ring (bicyclic) bond motifs is 8. The van der Waals surface area contributed by atoms with E-state index in [1.165, 1.54) is 87.9 Å². The average Bonchev–Trinajstić information content (AvgIpc) is 3.68. The van der Waals surface area contributed by atoms with Gasteiger partial charge in [0.15, 0.2) is 0 Å². The van der Waals surface area contributed by atoms with Crippen LogP contribution in [0.25, 0.3) is 88.0 Å². The first-order valence-corrected chi connectivity index (χ1v) is 16.9. The maximum atomic E-state index is 2.44. The van der Waals surface area contributed by atoms with E-state index in [9.17, 15) is 0 Å². The van der Waals surface area contributed by atoms with E-state index in [1.807, 2.05) is 0 Å². The summed E-state index contributed by atoms with van der Waals surface area (Å²) in [5, 5.41) is 7.63. The highest BCUT2D eigenvalue weighted by atomic mass is 15.0. The Morgan fingerprint density at radius 3 is 1.53 bits per heavy atom. The second kappa shape index (κ2) is 10.8. The minimum atomic E-state index is 1.16. The highest BCUT2D eigenvalue weighted by Crippen LogP contribution is 2.42. The van der Waals surface area contributed by atoms with Gasteiger partial charge in [-0.3, -0.25) is 0 Å². The molecule has 0 N–H and O–H groups in total. The summed E-state index contributed by atoms with van der Waals surface area (Å²) in [6, 6.07) is 64.3. The van der Waals surface area contributed by atoms with Gasteiger partial charge in [-0.15, -0.1) is 0 Å². The van der Waals surface area contributed by atoms with Crippen LogP contribution in [0.2, 0.25) is 0 Å². The summed E-state index contributed by atoms with van der Waals surface area (Å²) in [4.78, 5) is 0. The van der Waals surface area contributed by atoms with Crippen molar-refractivity contribution in [1.29, 1.82) is 0 Å². The third-order valence-corrected chi connectivity index (χ3v) is 10.1. The van der Waals surface area contributed by atoms with Crippen LogP contribution in [0.1, 0.15) is 5.56 Å². The van der Waals surface area contributed by atoms with Crippen molar-refractivity contribution < 1.29 is 0 Å². The maximum Gasteiger partial charge on any atom is 0.0548 e. The normalized spacial score (nSPS) is 11.8. The fourth-order valence-electron chi connectivity index (χ4n) is 7.88. The molecule has 0 saturated carbocycles. The molecule has 10 aromatic rings. The standard InChI is InChI=1S/C47H32N2/c1-31-18-19-35-24-25-39(30-37(35)28-31)49-43-17-8-6-15-41(43)47-45(49)27-26-44-46(47)40-14-5-7-16-42(40)48(44)38-13-9-12-36(29-38)34-22-20-33(21-23-34)32-10-3-2-4-11-32/h2-30H,1H3. The topological polar surface area (TPSA) is 9.86 Å². The van der Waals surface area contributed by atoms with Gasteiger partial charge in [0.25, 0.3) is 0 Å². The minimum Gasteiger partial charge on any atom is -0.309 e. The third kappa shape index (κ3) is 4.35. The second-order valence-corrected chi connectivity index (χ2v) is 13.1. The molecule has 0 aliphatic rings. The summed E-state index contributed by atoms with van der Waals surface area (Å²) < 4.78 is 4.88. The molecule has 2 nitrogen and oxygen atoms in total. The van der Waals surface area contributed by atoms with Gasteiger partial charge in [-0.2, -0.15) is 0 Å². The Bertz CT molecular complexity index is 2870. The lowest BCUT2D eigenvalue weighted by molar-refractivity contribution is 1.17. The van der Waals surface area contributed by atoms with Crippen molar-refractivity contribution in [2.24, 2.45) is 0 Å². The van der Waals surface area contributed by atoms with Gasteiger partial charge in [-0.25, -0.2) is 0 Å². The zero-order valence-corrected chi connectivity index (χ0v) is 27.1. The summed E-state index contributed by atoms with van der Waals surface area (Å²) in [7, 11) is 0. The lowest BCUT2D eigenvalue weighted by Crippen LogP contribution is -1.95. The number of aryl methyl sites for hydroxylation is 1. The Morgan fingerprint density at radius 1 is 0.327 bits per heavy atom. The third-order valence-electron chi connectivity index (χ3n) is 10.1. The molecular weight excluding hydrogens is 593 g/mol. The predicted molar refractivity (Wildman–Crippen MR) is 208 cm³/mol. The highest BCUT2D eigenvalue weighted by molar-refractivity contribution is 6.29. The average molecular weight is 625 g/mol. The van der Waals surface area contributed by atoms with Crippen LogP contribution in [0.5, 0.6) is 0 Å². The molecule has 0 radical (unpaired) electrons. The van der Waals surface area contributed by atoms with Gasteiger partial charge >= 0.3 is 0 Å². The largest absolute Gasteiger partial charge is 0.309 e. The maximum absolute atomic E-state index is 2.44. The van der Waals surface area contributed by atoms with Crippen molar-refractivity contribution in [3.8, 4) is 33.6 Å². The molecule has 230 valence electrons. The number of benzene rings is 8. The van der Waals surface area contributed by atoms with Gasteiger partial charge in [0.05, 0.1) is 22.1 Å². The number of para-hydroxylation sites is 2. The van der Waals surface area contributed by atoms with E-state index in [4.69, 9.17) is 0 Å². The van der Waals surface area contributed by atoms with Crippen LogP contribution in [0.3, 0.4) is 0 Å². The Morgan fingerprint density at radius 2 is 0.857 bits per heavy atom. The first kappa shape index (κ1) is 27.7. The molecule has 2 heterocycles.